The number of benzene rings is 2. The number of hydrogen-bond donors (Lipinski definition) is 0. The van der Waals surface area contributed by atoms with E-state index in [9.17, 15) is 0 Å². The largest absolute Gasteiger partial charge is 0.297 e. The van der Waals surface area contributed by atoms with Crippen molar-refractivity contribution in [2.75, 3.05) is 26.2 Å². The average Bonchev–Trinajstić information content (AvgIpc) is 2.54. The van der Waals surface area contributed by atoms with Crippen molar-refractivity contribution in [3.63, 3.8) is 0 Å². The maximum absolute atomic E-state index is 6.26. The maximum atomic E-state index is 6.26. The molecule has 1 saturated heterocycles. The van der Waals surface area contributed by atoms with Gasteiger partial charge in [-0.2, -0.15) is 0 Å². The van der Waals surface area contributed by atoms with E-state index >= 15 is 0 Å². The fourth-order valence-electron chi connectivity index (χ4n) is 2.85. The molecule has 1 fully saturated rings. The number of nitrogens with zero attached hydrogens (tertiary/aromatic N) is 2. The lowest BCUT2D eigenvalue weighted by Crippen LogP contribution is -2.45. The van der Waals surface area contributed by atoms with Crippen LogP contribution in [-0.4, -0.2) is 36.0 Å². The van der Waals surface area contributed by atoms with Crippen molar-refractivity contribution in [2.45, 2.75) is 13.1 Å². The van der Waals surface area contributed by atoms with Crippen molar-refractivity contribution < 1.29 is 0 Å². The molecule has 0 bridgehead atoms. The molecule has 0 amide bonds. The maximum Gasteiger partial charge on any atom is 0.0465 e. The van der Waals surface area contributed by atoms with Gasteiger partial charge in [0.25, 0.3) is 0 Å². The predicted octanol–water partition coefficient (Wildman–Crippen LogP) is 4.31. The molecule has 0 radical (unpaired) electrons. The SMILES string of the molecule is Clc1cccc(Cl)c1CN1CCN(Cc2ccccc2)CC1. The van der Waals surface area contributed by atoms with Crippen LogP contribution in [0.2, 0.25) is 10.0 Å². The highest BCUT2D eigenvalue weighted by molar-refractivity contribution is 6.35. The van der Waals surface area contributed by atoms with Crippen LogP contribution in [0.5, 0.6) is 0 Å². The summed E-state index contributed by atoms with van der Waals surface area (Å²) >= 11 is 12.5. The third-order valence-electron chi connectivity index (χ3n) is 4.16. The first-order chi connectivity index (χ1) is 10.7. The van der Waals surface area contributed by atoms with Gasteiger partial charge in [0.15, 0.2) is 0 Å². The van der Waals surface area contributed by atoms with Gasteiger partial charge in [-0.05, 0) is 17.7 Å². The molecule has 0 aliphatic carbocycles. The zero-order valence-electron chi connectivity index (χ0n) is 12.5. The monoisotopic (exact) mass is 334 g/mol. The van der Waals surface area contributed by atoms with Gasteiger partial charge in [-0.15, -0.1) is 0 Å². The molecule has 0 unspecified atom stereocenters. The van der Waals surface area contributed by atoms with Crippen LogP contribution in [0.3, 0.4) is 0 Å². The van der Waals surface area contributed by atoms with E-state index in [1.165, 1.54) is 5.56 Å². The molecule has 0 spiro atoms. The van der Waals surface area contributed by atoms with Gasteiger partial charge >= 0.3 is 0 Å². The molecule has 1 aliphatic heterocycles. The number of rotatable bonds is 4. The third kappa shape index (κ3) is 4.02. The van der Waals surface area contributed by atoms with Crippen molar-refractivity contribution >= 4 is 23.2 Å². The Labute approximate surface area is 142 Å². The van der Waals surface area contributed by atoms with Gasteiger partial charge in [0.2, 0.25) is 0 Å². The summed E-state index contributed by atoms with van der Waals surface area (Å²) in [4.78, 5) is 4.93. The molecular formula is C18H20Cl2N2. The summed E-state index contributed by atoms with van der Waals surface area (Å²) in [5, 5.41) is 1.53. The normalized spacial score (nSPS) is 16.8. The highest BCUT2D eigenvalue weighted by atomic mass is 35.5. The smallest absolute Gasteiger partial charge is 0.0465 e. The third-order valence-corrected chi connectivity index (χ3v) is 4.87. The molecule has 1 aliphatic rings. The molecule has 2 nitrogen and oxygen atoms in total. The summed E-state index contributed by atoms with van der Waals surface area (Å²) in [7, 11) is 0. The predicted molar refractivity (Wildman–Crippen MR) is 93.5 cm³/mol. The molecule has 0 atom stereocenters. The van der Waals surface area contributed by atoms with Gasteiger partial charge in [-0.3, -0.25) is 9.80 Å². The lowest BCUT2D eigenvalue weighted by atomic mass is 10.1. The van der Waals surface area contributed by atoms with Crippen LogP contribution in [-0.2, 0) is 13.1 Å². The molecule has 2 aromatic carbocycles. The Hall–Kier alpha value is -1.06. The van der Waals surface area contributed by atoms with Crippen molar-refractivity contribution in [3.8, 4) is 0 Å². The first-order valence-corrected chi connectivity index (χ1v) is 8.39. The standard InChI is InChI=1S/C18H20Cl2N2/c19-17-7-4-8-18(20)16(17)14-22-11-9-21(10-12-22)13-15-5-2-1-3-6-15/h1-8H,9-14H2. The minimum atomic E-state index is 0.763. The van der Waals surface area contributed by atoms with Crippen molar-refractivity contribution in [2.24, 2.45) is 0 Å². The van der Waals surface area contributed by atoms with Gasteiger partial charge in [-0.1, -0.05) is 59.6 Å². The lowest BCUT2D eigenvalue weighted by Gasteiger charge is -2.35. The fourth-order valence-corrected chi connectivity index (χ4v) is 3.37. The van der Waals surface area contributed by atoms with E-state index in [1.54, 1.807) is 0 Å². The van der Waals surface area contributed by atoms with Gasteiger partial charge < -0.3 is 0 Å². The summed E-state index contributed by atoms with van der Waals surface area (Å²) in [5.41, 5.74) is 2.42. The molecule has 2 aromatic rings. The Morgan fingerprint density at radius 3 is 1.82 bits per heavy atom. The Bertz CT molecular complexity index is 587. The average molecular weight is 335 g/mol. The van der Waals surface area contributed by atoms with E-state index in [0.29, 0.717) is 0 Å². The first kappa shape index (κ1) is 15.8. The summed E-state index contributed by atoms with van der Waals surface area (Å²) in [6.07, 6.45) is 0. The molecule has 116 valence electrons. The van der Waals surface area contributed by atoms with Crippen LogP contribution in [0, 0.1) is 0 Å². The van der Waals surface area contributed by atoms with Crippen LogP contribution in [0.4, 0.5) is 0 Å². The molecule has 4 heteroatoms. The first-order valence-electron chi connectivity index (χ1n) is 7.64. The second-order valence-electron chi connectivity index (χ2n) is 5.74. The Kier molecular flexibility index (Phi) is 5.37. The second-order valence-corrected chi connectivity index (χ2v) is 6.55. The minimum Gasteiger partial charge on any atom is -0.297 e. The second kappa shape index (κ2) is 7.47. The van der Waals surface area contributed by atoms with Gasteiger partial charge in [0, 0.05) is 54.9 Å². The van der Waals surface area contributed by atoms with E-state index in [1.807, 2.05) is 18.2 Å². The van der Waals surface area contributed by atoms with Crippen LogP contribution in [0.25, 0.3) is 0 Å². The molecule has 1 heterocycles. The number of hydrogen-bond acceptors (Lipinski definition) is 2. The van der Waals surface area contributed by atoms with Crippen LogP contribution >= 0.6 is 23.2 Å². The molecular weight excluding hydrogens is 315 g/mol. The molecule has 22 heavy (non-hydrogen) atoms. The Morgan fingerprint density at radius 1 is 0.682 bits per heavy atom. The highest BCUT2D eigenvalue weighted by Crippen LogP contribution is 2.26. The topological polar surface area (TPSA) is 6.48 Å². The van der Waals surface area contributed by atoms with E-state index in [2.05, 4.69) is 40.1 Å². The van der Waals surface area contributed by atoms with Crippen LogP contribution < -0.4 is 0 Å². The summed E-state index contributed by atoms with van der Waals surface area (Å²) in [5.74, 6) is 0. The Morgan fingerprint density at radius 2 is 1.23 bits per heavy atom. The Balaban J connectivity index is 1.54. The molecule has 0 aromatic heterocycles. The van der Waals surface area contributed by atoms with Gasteiger partial charge in [0.05, 0.1) is 0 Å². The molecule has 0 saturated carbocycles. The lowest BCUT2D eigenvalue weighted by molar-refractivity contribution is 0.122. The van der Waals surface area contributed by atoms with Crippen LogP contribution in [0.15, 0.2) is 48.5 Å². The number of halogens is 2. The van der Waals surface area contributed by atoms with E-state index in [0.717, 1.165) is 54.9 Å². The van der Waals surface area contributed by atoms with Gasteiger partial charge in [-0.25, -0.2) is 0 Å². The van der Waals surface area contributed by atoms with E-state index in [-0.39, 0.29) is 0 Å². The summed E-state index contributed by atoms with van der Waals surface area (Å²) < 4.78 is 0. The minimum absolute atomic E-state index is 0.763. The highest BCUT2D eigenvalue weighted by Gasteiger charge is 2.18. The fraction of sp³-hybridized carbons (Fsp3) is 0.333. The van der Waals surface area contributed by atoms with Crippen molar-refractivity contribution in [1.82, 2.24) is 9.80 Å². The van der Waals surface area contributed by atoms with Crippen molar-refractivity contribution in [1.29, 1.82) is 0 Å². The van der Waals surface area contributed by atoms with Crippen molar-refractivity contribution in [3.05, 3.63) is 69.7 Å². The summed E-state index contributed by atoms with van der Waals surface area (Å²) in [6.45, 7) is 6.12. The van der Waals surface area contributed by atoms with Crippen LogP contribution in [0.1, 0.15) is 11.1 Å². The van der Waals surface area contributed by atoms with E-state index < -0.39 is 0 Å². The summed E-state index contributed by atoms with van der Waals surface area (Å²) in [6, 6.07) is 16.4. The molecule has 0 N–H and O–H groups in total. The van der Waals surface area contributed by atoms with Gasteiger partial charge in [0.1, 0.15) is 0 Å². The zero-order chi connectivity index (χ0) is 15.4. The molecule has 3 rings (SSSR count). The quantitative estimate of drug-likeness (QED) is 0.821. The van der Waals surface area contributed by atoms with E-state index in [4.69, 9.17) is 23.2 Å². The zero-order valence-corrected chi connectivity index (χ0v) is 14.0. The number of piperazine rings is 1.